The van der Waals surface area contributed by atoms with E-state index in [1.54, 1.807) is 0 Å². The largest absolute Gasteiger partial charge is 0.481 e. The summed E-state index contributed by atoms with van der Waals surface area (Å²) in [4.78, 5) is 21.4. The van der Waals surface area contributed by atoms with Gasteiger partial charge in [0.2, 0.25) is 0 Å². The first-order chi connectivity index (χ1) is 9.96. The van der Waals surface area contributed by atoms with E-state index in [4.69, 9.17) is 10.4 Å². The second-order valence-electron chi connectivity index (χ2n) is 5.38. The van der Waals surface area contributed by atoms with Crippen LogP contribution in [0.5, 0.6) is 0 Å². The van der Waals surface area contributed by atoms with Gasteiger partial charge in [0.05, 0.1) is 23.0 Å². The zero-order valence-corrected chi connectivity index (χ0v) is 11.3. The van der Waals surface area contributed by atoms with Crippen molar-refractivity contribution < 1.29 is 14.8 Å². The zero-order chi connectivity index (χ0) is 15.5. The molecule has 2 N–H and O–H groups in total. The Balaban J connectivity index is 2.14. The standard InChI is InChI=1S/C14H15N3O4/c15-8-10-2-3-11(12(6-10)17(20)21)16-9-14(4-1-5-14)7-13(18)19/h2-3,6,16H,1,4-5,7,9H2,(H,18,19). The van der Waals surface area contributed by atoms with Crippen molar-refractivity contribution in [1.29, 1.82) is 5.26 Å². The number of carboxylic acids is 1. The number of nitrogens with zero attached hydrogens (tertiary/aromatic N) is 2. The van der Waals surface area contributed by atoms with Crippen molar-refractivity contribution in [1.82, 2.24) is 0 Å². The van der Waals surface area contributed by atoms with Gasteiger partial charge in [0.1, 0.15) is 5.69 Å². The molecule has 0 atom stereocenters. The second kappa shape index (κ2) is 5.79. The van der Waals surface area contributed by atoms with Gasteiger partial charge in [-0.2, -0.15) is 5.26 Å². The molecule has 0 heterocycles. The maximum absolute atomic E-state index is 11.0. The first-order valence-corrected chi connectivity index (χ1v) is 6.60. The van der Waals surface area contributed by atoms with Crippen LogP contribution < -0.4 is 5.32 Å². The Morgan fingerprint density at radius 3 is 2.71 bits per heavy atom. The quantitative estimate of drug-likeness (QED) is 0.614. The zero-order valence-electron chi connectivity index (χ0n) is 11.3. The van der Waals surface area contributed by atoms with Crippen LogP contribution in [0, 0.1) is 26.9 Å². The number of aliphatic carboxylic acids is 1. The number of nitro groups is 1. The van der Waals surface area contributed by atoms with Crippen molar-refractivity contribution in [2.45, 2.75) is 25.7 Å². The number of carboxylic acid groups (broad SMARTS) is 1. The van der Waals surface area contributed by atoms with Crippen LogP contribution in [0.3, 0.4) is 0 Å². The second-order valence-corrected chi connectivity index (χ2v) is 5.38. The molecule has 0 bridgehead atoms. The van der Waals surface area contributed by atoms with Gasteiger partial charge in [-0.05, 0) is 30.4 Å². The molecule has 1 aliphatic rings. The number of benzene rings is 1. The number of hydrogen-bond donors (Lipinski definition) is 2. The molecule has 21 heavy (non-hydrogen) atoms. The molecule has 0 saturated heterocycles. The molecule has 7 heteroatoms. The van der Waals surface area contributed by atoms with Gasteiger partial charge in [-0.25, -0.2) is 0 Å². The van der Waals surface area contributed by atoms with Gasteiger partial charge in [-0.1, -0.05) is 6.42 Å². The number of nitrogens with one attached hydrogen (secondary N) is 1. The minimum absolute atomic E-state index is 0.0596. The average molecular weight is 289 g/mol. The van der Waals surface area contributed by atoms with Crippen LogP contribution in [0.4, 0.5) is 11.4 Å². The third-order valence-corrected chi connectivity index (χ3v) is 3.92. The van der Waals surface area contributed by atoms with Crippen LogP contribution in [0.2, 0.25) is 0 Å². The van der Waals surface area contributed by atoms with E-state index in [9.17, 15) is 14.9 Å². The molecule has 110 valence electrons. The molecular weight excluding hydrogens is 274 g/mol. The van der Waals surface area contributed by atoms with Crippen LogP contribution in [0.15, 0.2) is 18.2 Å². The van der Waals surface area contributed by atoms with E-state index in [1.807, 2.05) is 6.07 Å². The van der Waals surface area contributed by atoms with Crippen LogP contribution in [-0.2, 0) is 4.79 Å². The third-order valence-electron chi connectivity index (χ3n) is 3.92. The summed E-state index contributed by atoms with van der Waals surface area (Å²) in [6.45, 7) is 0.381. The lowest BCUT2D eigenvalue weighted by Crippen LogP contribution is -2.38. The molecule has 1 saturated carbocycles. The van der Waals surface area contributed by atoms with Crippen LogP contribution >= 0.6 is 0 Å². The summed E-state index contributed by atoms with van der Waals surface area (Å²) in [6.07, 6.45) is 2.64. The molecule has 0 radical (unpaired) electrons. The highest BCUT2D eigenvalue weighted by molar-refractivity contribution is 5.68. The number of carbonyl (C=O) groups is 1. The van der Waals surface area contributed by atoms with E-state index in [2.05, 4.69) is 5.32 Å². The minimum atomic E-state index is -0.856. The molecule has 0 amide bonds. The molecule has 1 aromatic rings. The molecular formula is C14H15N3O4. The lowest BCUT2D eigenvalue weighted by atomic mass is 9.66. The van der Waals surface area contributed by atoms with E-state index >= 15 is 0 Å². The van der Waals surface area contributed by atoms with Gasteiger partial charge < -0.3 is 10.4 Å². The van der Waals surface area contributed by atoms with E-state index in [1.165, 1.54) is 18.2 Å². The summed E-state index contributed by atoms with van der Waals surface area (Å²) < 4.78 is 0. The van der Waals surface area contributed by atoms with Crippen molar-refractivity contribution in [3.63, 3.8) is 0 Å². The number of nitro benzene ring substituents is 1. The van der Waals surface area contributed by atoms with Crippen molar-refractivity contribution in [3.8, 4) is 6.07 Å². The van der Waals surface area contributed by atoms with Gasteiger partial charge in [0.15, 0.2) is 0 Å². The van der Waals surface area contributed by atoms with Crippen LogP contribution in [0.25, 0.3) is 0 Å². The summed E-state index contributed by atoms with van der Waals surface area (Å²) >= 11 is 0. The van der Waals surface area contributed by atoms with E-state index in [-0.39, 0.29) is 23.1 Å². The Kier molecular flexibility index (Phi) is 4.08. The lowest BCUT2D eigenvalue weighted by molar-refractivity contribution is -0.384. The Morgan fingerprint density at radius 2 is 2.24 bits per heavy atom. The first kappa shape index (κ1) is 14.8. The molecule has 1 aliphatic carbocycles. The van der Waals surface area contributed by atoms with Crippen molar-refractivity contribution >= 4 is 17.3 Å². The fourth-order valence-electron chi connectivity index (χ4n) is 2.60. The monoisotopic (exact) mass is 289 g/mol. The van der Waals surface area contributed by atoms with Crippen molar-refractivity contribution in [2.75, 3.05) is 11.9 Å². The van der Waals surface area contributed by atoms with Crippen molar-refractivity contribution in [3.05, 3.63) is 33.9 Å². The summed E-state index contributed by atoms with van der Waals surface area (Å²) in [5.41, 5.74) is 0.0406. The average Bonchev–Trinajstić information content (AvgIpc) is 2.41. The smallest absolute Gasteiger partial charge is 0.303 e. The maximum atomic E-state index is 11.0. The predicted molar refractivity (Wildman–Crippen MR) is 74.8 cm³/mol. The van der Waals surface area contributed by atoms with Crippen LogP contribution in [-0.4, -0.2) is 22.5 Å². The number of rotatable bonds is 6. The summed E-state index contributed by atoms with van der Waals surface area (Å²) in [7, 11) is 0. The molecule has 0 spiro atoms. The van der Waals surface area contributed by atoms with E-state index in [0.29, 0.717) is 12.2 Å². The molecule has 7 nitrogen and oxygen atoms in total. The van der Waals surface area contributed by atoms with Gasteiger partial charge in [0.25, 0.3) is 5.69 Å². The molecule has 0 aromatic heterocycles. The minimum Gasteiger partial charge on any atom is -0.481 e. The van der Waals surface area contributed by atoms with E-state index < -0.39 is 10.9 Å². The first-order valence-electron chi connectivity index (χ1n) is 6.60. The maximum Gasteiger partial charge on any atom is 0.303 e. The van der Waals surface area contributed by atoms with Gasteiger partial charge in [-0.15, -0.1) is 0 Å². The number of hydrogen-bond acceptors (Lipinski definition) is 5. The summed E-state index contributed by atoms with van der Waals surface area (Å²) in [5, 5.41) is 31.7. The summed E-state index contributed by atoms with van der Waals surface area (Å²) in [6, 6.07) is 6.07. The Labute approximate surface area is 121 Å². The molecule has 0 unspecified atom stereocenters. The topological polar surface area (TPSA) is 116 Å². The Morgan fingerprint density at radius 1 is 1.52 bits per heavy atom. The fraction of sp³-hybridized carbons (Fsp3) is 0.429. The fourth-order valence-corrected chi connectivity index (χ4v) is 2.60. The lowest BCUT2D eigenvalue weighted by Gasteiger charge is -2.41. The molecule has 1 fully saturated rings. The van der Waals surface area contributed by atoms with Crippen molar-refractivity contribution in [2.24, 2.45) is 5.41 Å². The normalized spacial score (nSPS) is 15.6. The number of anilines is 1. The Bertz CT molecular complexity index is 617. The predicted octanol–water partition coefficient (Wildman–Crippen LogP) is 2.52. The summed E-state index contributed by atoms with van der Waals surface area (Å²) in [5.74, 6) is -0.856. The van der Waals surface area contributed by atoms with E-state index in [0.717, 1.165) is 19.3 Å². The molecule has 0 aliphatic heterocycles. The molecule has 2 rings (SSSR count). The highest BCUT2D eigenvalue weighted by Crippen LogP contribution is 2.44. The highest BCUT2D eigenvalue weighted by atomic mass is 16.6. The highest BCUT2D eigenvalue weighted by Gasteiger charge is 2.39. The number of nitriles is 1. The van der Waals surface area contributed by atoms with Gasteiger partial charge in [0, 0.05) is 12.6 Å². The van der Waals surface area contributed by atoms with Crippen LogP contribution in [0.1, 0.15) is 31.2 Å². The van der Waals surface area contributed by atoms with Gasteiger partial charge in [-0.3, -0.25) is 14.9 Å². The molecule has 1 aromatic carbocycles. The third kappa shape index (κ3) is 3.28. The van der Waals surface area contributed by atoms with Gasteiger partial charge >= 0.3 is 5.97 Å². The SMILES string of the molecule is N#Cc1ccc(NCC2(CC(=O)O)CCC2)c([N+](=O)[O-])c1. The Hall–Kier alpha value is -2.62.